The van der Waals surface area contributed by atoms with Crippen LogP contribution in [0.5, 0.6) is 0 Å². The second-order valence-electron chi connectivity index (χ2n) is 8.58. The summed E-state index contributed by atoms with van der Waals surface area (Å²) in [4.78, 5) is 45.3. The minimum atomic E-state index is -0.519. The standard InChI is InChI=1S/C26H29N3O5S/c1-4-34-25(31)18-11-13-29(14-12-18)15-19-9-10-20-21(22(26(32)33-3)35-24(20)27-19)28-23(30)17-7-5-16(2)6-8-17/h5-10,18H,4,11-15H2,1-3H3,(H,28,30). The van der Waals surface area contributed by atoms with Crippen LogP contribution in [0.3, 0.4) is 0 Å². The number of anilines is 1. The van der Waals surface area contributed by atoms with Crippen molar-refractivity contribution in [3.63, 3.8) is 0 Å². The number of hydrogen-bond acceptors (Lipinski definition) is 8. The summed E-state index contributed by atoms with van der Waals surface area (Å²) in [5.41, 5.74) is 2.83. The average Bonchev–Trinajstić information content (AvgIpc) is 3.22. The third-order valence-corrected chi connectivity index (χ3v) is 7.21. The van der Waals surface area contributed by atoms with E-state index in [1.165, 1.54) is 18.4 Å². The lowest BCUT2D eigenvalue weighted by Crippen LogP contribution is -2.36. The molecule has 9 heteroatoms. The van der Waals surface area contributed by atoms with Crippen LogP contribution in [0.1, 0.15) is 51.1 Å². The van der Waals surface area contributed by atoms with Gasteiger partial charge in [0.05, 0.1) is 31.0 Å². The maximum atomic E-state index is 12.9. The number of piperidine rings is 1. The summed E-state index contributed by atoms with van der Waals surface area (Å²) in [6, 6.07) is 11.0. The van der Waals surface area contributed by atoms with Gasteiger partial charge in [0.1, 0.15) is 9.71 Å². The van der Waals surface area contributed by atoms with Gasteiger partial charge in [-0.25, -0.2) is 9.78 Å². The number of carbonyl (C=O) groups excluding carboxylic acids is 3. The number of methoxy groups -OCH3 is 1. The van der Waals surface area contributed by atoms with Crippen molar-refractivity contribution < 1.29 is 23.9 Å². The Bertz CT molecular complexity index is 1230. The first-order chi connectivity index (χ1) is 16.9. The molecule has 0 unspecified atom stereocenters. The maximum absolute atomic E-state index is 12.9. The van der Waals surface area contributed by atoms with Crippen LogP contribution in [0.4, 0.5) is 5.69 Å². The smallest absolute Gasteiger partial charge is 0.350 e. The van der Waals surface area contributed by atoms with Crippen LogP contribution in [0.15, 0.2) is 36.4 Å². The second kappa shape index (κ2) is 11.0. The fourth-order valence-corrected chi connectivity index (χ4v) is 5.24. The number of ether oxygens (including phenoxy) is 2. The Morgan fingerprint density at radius 3 is 2.49 bits per heavy atom. The third kappa shape index (κ3) is 5.68. The van der Waals surface area contributed by atoms with Gasteiger partial charge >= 0.3 is 11.9 Å². The van der Waals surface area contributed by atoms with Crippen molar-refractivity contribution in [1.29, 1.82) is 0 Å². The van der Waals surface area contributed by atoms with E-state index in [4.69, 9.17) is 14.5 Å². The van der Waals surface area contributed by atoms with Crippen molar-refractivity contribution in [3.05, 3.63) is 58.1 Å². The van der Waals surface area contributed by atoms with Crippen LogP contribution in [0.25, 0.3) is 10.2 Å². The van der Waals surface area contributed by atoms with Crippen LogP contribution in [0.2, 0.25) is 0 Å². The molecule has 0 radical (unpaired) electrons. The number of rotatable bonds is 7. The molecule has 0 aliphatic carbocycles. The molecule has 0 saturated carbocycles. The number of nitrogens with zero attached hydrogens (tertiary/aromatic N) is 2. The molecule has 1 N–H and O–H groups in total. The molecule has 0 spiro atoms. The Morgan fingerprint density at radius 2 is 1.83 bits per heavy atom. The summed E-state index contributed by atoms with van der Waals surface area (Å²) < 4.78 is 10.1. The Hall–Kier alpha value is -3.30. The zero-order chi connectivity index (χ0) is 24.9. The van der Waals surface area contributed by atoms with Crippen molar-refractivity contribution in [1.82, 2.24) is 9.88 Å². The highest BCUT2D eigenvalue weighted by molar-refractivity contribution is 7.21. The molecule has 3 heterocycles. The number of carbonyl (C=O) groups is 3. The van der Waals surface area contributed by atoms with Gasteiger partial charge in [-0.15, -0.1) is 11.3 Å². The maximum Gasteiger partial charge on any atom is 0.350 e. The topological polar surface area (TPSA) is 97.8 Å². The number of aryl methyl sites for hydroxylation is 1. The number of benzene rings is 1. The zero-order valence-corrected chi connectivity index (χ0v) is 20.9. The molecular formula is C26H29N3O5S. The van der Waals surface area contributed by atoms with Gasteiger partial charge in [-0.3, -0.25) is 14.5 Å². The highest BCUT2D eigenvalue weighted by Crippen LogP contribution is 2.36. The predicted octanol–water partition coefficient (Wildman–Crippen LogP) is 4.42. The molecule has 184 valence electrons. The summed E-state index contributed by atoms with van der Waals surface area (Å²) in [5, 5.41) is 3.58. The van der Waals surface area contributed by atoms with E-state index < -0.39 is 5.97 Å². The lowest BCUT2D eigenvalue weighted by molar-refractivity contribution is -0.149. The molecule has 0 atom stereocenters. The van der Waals surface area contributed by atoms with E-state index >= 15 is 0 Å². The number of nitrogens with one attached hydrogen (secondary N) is 1. The molecule has 1 aliphatic heterocycles. The monoisotopic (exact) mass is 495 g/mol. The van der Waals surface area contributed by atoms with Gasteiger partial charge in [-0.05, 0) is 64.0 Å². The SMILES string of the molecule is CCOC(=O)C1CCN(Cc2ccc3c(NC(=O)c4ccc(C)cc4)c(C(=O)OC)sc3n2)CC1. The first-order valence-electron chi connectivity index (χ1n) is 11.7. The Balaban J connectivity index is 1.52. The largest absolute Gasteiger partial charge is 0.466 e. The lowest BCUT2D eigenvalue weighted by atomic mass is 9.97. The normalized spacial score (nSPS) is 14.6. The first-order valence-corrected chi connectivity index (χ1v) is 12.5. The highest BCUT2D eigenvalue weighted by Gasteiger charge is 2.27. The van der Waals surface area contributed by atoms with Gasteiger partial charge < -0.3 is 14.8 Å². The van der Waals surface area contributed by atoms with E-state index in [1.807, 2.05) is 38.1 Å². The Kier molecular flexibility index (Phi) is 7.77. The van der Waals surface area contributed by atoms with Crippen LogP contribution in [-0.2, 0) is 20.8 Å². The number of likely N-dealkylation sites (tertiary alicyclic amines) is 1. The van der Waals surface area contributed by atoms with Crippen LogP contribution in [-0.4, -0.2) is 54.5 Å². The summed E-state index contributed by atoms with van der Waals surface area (Å²) in [7, 11) is 1.32. The predicted molar refractivity (Wildman–Crippen MR) is 135 cm³/mol. The molecule has 1 aliphatic rings. The molecule has 1 fully saturated rings. The van der Waals surface area contributed by atoms with Crippen LogP contribution < -0.4 is 5.32 Å². The number of fused-ring (bicyclic) bond motifs is 1. The molecule has 2 aromatic heterocycles. The number of thiophene rings is 1. The first kappa shape index (κ1) is 24.8. The zero-order valence-electron chi connectivity index (χ0n) is 20.1. The van der Waals surface area contributed by atoms with E-state index in [0.29, 0.717) is 39.5 Å². The van der Waals surface area contributed by atoms with Gasteiger partial charge in [0, 0.05) is 17.5 Å². The van der Waals surface area contributed by atoms with E-state index in [1.54, 1.807) is 12.1 Å². The fourth-order valence-electron chi connectivity index (χ4n) is 4.17. The molecule has 1 saturated heterocycles. The van der Waals surface area contributed by atoms with Gasteiger partial charge in [0.2, 0.25) is 0 Å². The van der Waals surface area contributed by atoms with E-state index in [0.717, 1.165) is 37.2 Å². The highest BCUT2D eigenvalue weighted by atomic mass is 32.1. The van der Waals surface area contributed by atoms with Crippen molar-refractivity contribution in [3.8, 4) is 0 Å². The number of amides is 1. The van der Waals surface area contributed by atoms with Gasteiger partial charge in [-0.2, -0.15) is 0 Å². The summed E-state index contributed by atoms with van der Waals surface area (Å²) in [5.74, 6) is -0.972. The van der Waals surface area contributed by atoms with Crippen LogP contribution >= 0.6 is 11.3 Å². The number of pyridine rings is 1. The minimum Gasteiger partial charge on any atom is -0.466 e. The van der Waals surface area contributed by atoms with Gasteiger partial charge in [0.15, 0.2) is 0 Å². The molecule has 35 heavy (non-hydrogen) atoms. The Labute approximate surface area is 208 Å². The van der Waals surface area contributed by atoms with Crippen LogP contribution in [0, 0.1) is 12.8 Å². The summed E-state index contributed by atoms with van der Waals surface area (Å²) in [6.45, 7) is 6.41. The van der Waals surface area contributed by atoms with Crippen molar-refractivity contribution in [2.24, 2.45) is 5.92 Å². The number of aromatic nitrogens is 1. The molecule has 1 amide bonds. The average molecular weight is 496 g/mol. The quantitative estimate of drug-likeness (QED) is 0.485. The van der Waals surface area contributed by atoms with Crippen molar-refractivity contribution >= 4 is 45.1 Å². The van der Waals surface area contributed by atoms with Gasteiger partial charge in [0.25, 0.3) is 5.91 Å². The Morgan fingerprint density at radius 1 is 1.11 bits per heavy atom. The third-order valence-electron chi connectivity index (χ3n) is 6.13. The molecule has 4 rings (SSSR count). The molecule has 3 aromatic rings. The van der Waals surface area contributed by atoms with Crippen molar-refractivity contribution in [2.75, 3.05) is 32.1 Å². The van der Waals surface area contributed by atoms with E-state index in [-0.39, 0.29) is 17.8 Å². The summed E-state index contributed by atoms with van der Waals surface area (Å²) in [6.07, 6.45) is 1.53. The molecular weight excluding hydrogens is 466 g/mol. The molecule has 8 nitrogen and oxygen atoms in total. The number of esters is 2. The molecule has 1 aromatic carbocycles. The van der Waals surface area contributed by atoms with Gasteiger partial charge in [-0.1, -0.05) is 17.7 Å². The van der Waals surface area contributed by atoms with E-state index in [2.05, 4.69) is 10.2 Å². The second-order valence-corrected chi connectivity index (χ2v) is 9.57. The summed E-state index contributed by atoms with van der Waals surface area (Å²) >= 11 is 1.20. The molecule has 0 bridgehead atoms. The van der Waals surface area contributed by atoms with Crippen molar-refractivity contribution in [2.45, 2.75) is 33.2 Å². The fraction of sp³-hybridized carbons (Fsp3) is 0.385. The number of hydrogen-bond donors (Lipinski definition) is 1. The van der Waals surface area contributed by atoms with E-state index in [9.17, 15) is 14.4 Å². The minimum absolute atomic E-state index is 0.0405. The lowest BCUT2D eigenvalue weighted by Gasteiger charge is -2.30.